The molecule has 5 nitrogen and oxygen atoms in total. The molecule has 0 saturated carbocycles. The lowest BCUT2D eigenvalue weighted by molar-refractivity contribution is 0.136. The minimum Gasteiger partial charge on any atom is -0.445 e. The Balaban J connectivity index is 1.85. The van der Waals surface area contributed by atoms with Crippen LogP contribution in [0.3, 0.4) is 0 Å². The molecule has 1 N–H and O–H groups in total. The Morgan fingerprint density at radius 1 is 1.35 bits per heavy atom. The summed E-state index contributed by atoms with van der Waals surface area (Å²) in [5, 5.41) is 2.69. The van der Waals surface area contributed by atoms with Crippen LogP contribution in [-0.2, 0) is 20.4 Å². The standard InChI is InChI=1S/C17H22NO4P/c1-21-23(20)16(12-14-8-4-2-5-9-14)18-17(19)22-13-15-10-6-3-7-11-15/h2-4,6-7,10-11,14,16H,5,8-9,12-13H2,1H3/p+1. The van der Waals surface area contributed by atoms with Crippen molar-refractivity contribution in [2.45, 2.75) is 38.1 Å². The smallest absolute Gasteiger partial charge is 0.445 e. The quantitative estimate of drug-likeness (QED) is 0.593. The van der Waals surface area contributed by atoms with Crippen LogP contribution in [0.5, 0.6) is 0 Å². The predicted octanol–water partition coefficient (Wildman–Crippen LogP) is 4.37. The van der Waals surface area contributed by atoms with Crippen molar-refractivity contribution >= 4 is 14.1 Å². The first-order chi connectivity index (χ1) is 11.2. The van der Waals surface area contributed by atoms with E-state index < -0.39 is 19.9 Å². The van der Waals surface area contributed by atoms with Gasteiger partial charge in [-0.25, -0.2) is 4.79 Å². The first-order valence-corrected chi connectivity index (χ1v) is 9.06. The van der Waals surface area contributed by atoms with Crippen molar-refractivity contribution in [1.29, 1.82) is 0 Å². The van der Waals surface area contributed by atoms with E-state index in [0.717, 1.165) is 24.8 Å². The zero-order chi connectivity index (χ0) is 16.5. The van der Waals surface area contributed by atoms with Crippen LogP contribution in [0.15, 0.2) is 42.5 Å². The first-order valence-electron chi connectivity index (χ1n) is 7.81. The van der Waals surface area contributed by atoms with Crippen molar-refractivity contribution in [2.75, 3.05) is 7.11 Å². The summed E-state index contributed by atoms with van der Waals surface area (Å²) >= 11 is 0. The number of carbonyl (C=O) groups excluding carboxylic acids is 1. The third kappa shape index (κ3) is 6.12. The van der Waals surface area contributed by atoms with Gasteiger partial charge in [0, 0.05) is 6.42 Å². The highest BCUT2D eigenvalue weighted by molar-refractivity contribution is 7.40. The second-order valence-corrected chi connectivity index (χ2v) is 7.14. The molecule has 6 heteroatoms. The molecule has 0 aliphatic heterocycles. The maximum atomic E-state index is 12.0. The third-order valence-electron chi connectivity index (χ3n) is 3.87. The molecule has 23 heavy (non-hydrogen) atoms. The fourth-order valence-electron chi connectivity index (χ4n) is 2.61. The zero-order valence-corrected chi connectivity index (χ0v) is 14.2. The van der Waals surface area contributed by atoms with Gasteiger partial charge < -0.3 is 4.74 Å². The molecule has 1 aromatic rings. The highest BCUT2D eigenvalue weighted by atomic mass is 31.1. The number of benzene rings is 1. The molecule has 1 aliphatic rings. The van der Waals surface area contributed by atoms with E-state index in [1.807, 2.05) is 30.3 Å². The lowest BCUT2D eigenvalue weighted by atomic mass is 9.91. The molecule has 1 aliphatic carbocycles. The summed E-state index contributed by atoms with van der Waals surface area (Å²) in [6.07, 6.45) is 7.38. The number of rotatable bonds is 7. The Bertz CT molecular complexity index is 547. The lowest BCUT2D eigenvalue weighted by Gasteiger charge is -2.19. The van der Waals surface area contributed by atoms with Crippen molar-refractivity contribution in [3.05, 3.63) is 48.0 Å². The fraction of sp³-hybridized carbons (Fsp3) is 0.471. The number of carbonyl (C=O) groups is 1. The fourth-order valence-corrected chi connectivity index (χ4v) is 3.55. The number of ether oxygens (including phenoxy) is 1. The summed E-state index contributed by atoms with van der Waals surface area (Å²) in [6, 6.07) is 9.45. The number of allylic oxidation sites excluding steroid dienone is 2. The normalized spacial score (nSPS) is 19.0. The molecule has 3 atom stereocenters. The van der Waals surface area contributed by atoms with Crippen LogP contribution in [0.2, 0.25) is 0 Å². The van der Waals surface area contributed by atoms with E-state index in [1.165, 1.54) is 7.11 Å². The Labute approximate surface area is 137 Å². The SMILES string of the molecule is CO[P+](=O)C(CC1CC=CCC1)NC(=O)OCc1ccccc1. The van der Waals surface area contributed by atoms with Crippen molar-refractivity contribution in [2.24, 2.45) is 5.92 Å². The Morgan fingerprint density at radius 2 is 2.13 bits per heavy atom. The van der Waals surface area contributed by atoms with Crippen LogP contribution in [0.4, 0.5) is 4.79 Å². The van der Waals surface area contributed by atoms with E-state index in [-0.39, 0.29) is 6.61 Å². The molecule has 3 unspecified atom stereocenters. The molecule has 0 saturated heterocycles. The predicted molar refractivity (Wildman–Crippen MR) is 89.3 cm³/mol. The van der Waals surface area contributed by atoms with Gasteiger partial charge in [-0.3, -0.25) is 5.32 Å². The van der Waals surface area contributed by atoms with E-state index >= 15 is 0 Å². The van der Waals surface area contributed by atoms with Gasteiger partial charge in [0.1, 0.15) is 6.61 Å². The van der Waals surface area contributed by atoms with Gasteiger partial charge in [0.25, 0.3) is 5.78 Å². The second-order valence-electron chi connectivity index (χ2n) is 5.58. The van der Waals surface area contributed by atoms with Crippen LogP contribution in [0, 0.1) is 5.92 Å². The monoisotopic (exact) mass is 336 g/mol. The molecule has 124 valence electrons. The Kier molecular flexibility index (Phi) is 7.24. The maximum Gasteiger partial charge on any atom is 0.533 e. The van der Waals surface area contributed by atoms with E-state index in [2.05, 4.69) is 17.5 Å². The van der Waals surface area contributed by atoms with E-state index in [4.69, 9.17) is 9.26 Å². The van der Waals surface area contributed by atoms with E-state index in [9.17, 15) is 9.36 Å². The second kappa shape index (κ2) is 9.43. The number of hydrogen-bond acceptors (Lipinski definition) is 4. The Morgan fingerprint density at radius 3 is 2.78 bits per heavy atom. The average Bonchev–Trinajstić information content (AvgIpc) is 2.60. The maximum absolute atomic E-state index is 12.0. The van der Waals surface area contributed by atoms with Gasteiger partial charge in [-0.05, 0) is 35.3 Å². The highest BCUT2D eigenvalue weighted by Crippen LogP contribution is 2.34. The molecule has 0 spiro atoms. The summed E-state index contributed by atoms with van der Waals surface area (Å²) in [4.78, 5) is 12.0. The van der Waals surface area contributed by atoms with Gasteiger partial charge in [0.15, 0.2) is 0 Å². The van der Waals surface area contributed by atoms with Crippen LogP contribution in [0.25, 0.3) is 0 Å². The molecule has 0 bridgehead atoms. The third-order valence-corrected chi connectivity index (χ3v) is 5.07. The molecule has 1 aromatic carbocycles. The number of alkyl carbamates (subject to hydrolysis) is 1. The summed E-state index contributed by atoms with van der Waals surface area (Å²) in [5.41, 5.74) is 0.910. The molecule has 0 radical (unpaired) electrons. The van der Waals surface area contributed by atoms with Crippen molar-refractivity contribution < 1.29 is 18.6 Å². The summed E-state index contributed by atoms with van der Waals surface area (Å²) < 4.78 is 22.2. The van der Waals surface area contributed by atoms with Gasteiger partial charge in [0.05, 0.1) is 7.11 Å². The van der Waals surface area contributed by atoms with E-state index in [1.54, 1.807) is 0 Å². The van der Waals surface area contributed by atoms with Gasteiger partial charge in [-0.15, -0.1) is 4.52 Å². The summed E-state index contributed by atoms with van der Waals surface area (Å²) in [6.45, 7) is 0.190. The van der Waals surface area contributed by atoms with Crippen molar-refractivity contribution in [3.63, 3.8) is 0 Å². The first kappa shape index (κ1) is 17.6. The summed E-state index contributed by atoms with van der Waals surface area (Å²) in [7, 11) is -0.558. The van der Waals surface area contributed by atoms with E-state index in [0.29, 0.717) is 12.3 Å². The van der Waals surface area contributed by atoms with Crippen LogP contribution in [0.1, 0.15) is 31.2 Å². The van der Waals surface area contributed by atoms with Crippen molar-refractivity contribution in [3.8, 4) is 0 Å². The molecule has 0 heterocycles. The largest absolute Gasteiger partial charge is 0.533 e. The average molecular weight is 336 g/mol. The number of nitrogens with one attached hydrogen (secondary N) is 1. The van der Waals surface area contributed by atoms with Gasteiger partial charge in [-0.1, -0.05) is 42.5 Å². The van der Waals surface area contributed by atoms with Crippen LogP contribution in [-0.4, -0.2) is 19.0 Å². The van der Waals surface area contributed by atoms with Crippen LogP contribution < -0.4 is 5.32 Å². The molecule has 2 rings (SSSR count). The van der Waals surface area contributed by atoms with Crippen molar-refractivity contribution in [1.82, 2.24) is 5.32 Å². The molecular weight excluding hydrogens is 313 g/mol. The molecule has 0 aromatic heterocycles. The Hall–Kier alpha value is -1.71. The number of amides is 1. The molecular formula is C17H23NO4P+. The van der Waals surface area contributed by atoms with Gasteiger partial charge in [0.2, 0.25) is 0 Å². The minimum absolute atomic E-state index is 0.190. The lowest BCUT2D eigenvalue weighted by Crippen LogP contribution is -2.34. The minimum atomic E-state index is -1.95. The molecule has 1 amide bonds. The highest BCUT2D eigenvalue weighted by Gasteiger charge is 2.36. The zero-order valence-electron chi connectivity index (χ0n) is 13.3. The number of hydrogen-bond donors (Lipinski definition) is 1. The van der Waals surface area contributed by atoms with Gasteiger partial charge >= 0.3 is 14.1 Å². The molecule has 0 fully saturated rings. The van der Waals surface area contributed by atoms with Gasteiger partial charge in [-0.2, -0.15) is 0 Å². The topological polar surface area (TPSA) is 64.6 Å². The summed E-state index contributed by atoms with van der Waals surface area (Å²) in [5.74, 6) is -0.108. The van der Waals surface area contributed by atoms with Crippen LogP contribution >= 0.6 is 8.03 Å².